The molecule has 0 radical (unpaired) electrons. The van der Waals surface area contributed by atoms with Crippen LogP contribution in [0.4, 0.5) is 11.6 Å². The van der Waals surface area contributed by atoms with Crippen LogP contribution in [0.5, 0.6) is 0 Å². The zero-order chi connectivity index (χ0) is 11.1. The number of hydrogen-bond acceptors (Lipinski definition) is 5. The SMILES string of the molecule is CNc1cc(NCC(C)CCO)ncn1. The zero-order valence-corrected chi connectivity index (χ0v) is 9.20. The molecule has 0 saturated heterocycles. The molecule has 0 bridgehead atoms. The summed E-state index contributed by atoms with van der Waals surface area (Å²) in [6, 6.07) is 1.85. The van der Waals surface area contributed by atoms with Gasteiger partial charge in [0.2, 0.25) is 0 Å². The van der Waals surface area contributed by atoms with E-state index < -0.39 is 0 Å². The summed E-state index contributed by atoms with van der Waals surface area (Å²) in [6.07, 6.45) is 2.32. The Morgan fingerprint density at radius 2 is 2.13 bits per heavy atom. The van der Waals surface area contributed by atoms with Crippen LogP contribution in [0.2, 0.25) is 0 Å². The van der Waals surface area contributed by atoms with Crippen molar-refractivity contribution in [3.8, 4) is 0 Å². The Balaban J connectivity index is 2.43. The van der Waals surface area contributed by atoms with E-state index in [4.69, 9.17) is 5.11 Å². The van der Waals surface area contributed by atoms with Gasteiger partial charge in [-0.1, -0.05) is 6.92 Å². The van der Waals surface area contributed by atoms with E-state index in [2.05, 4.69) is 27.5 Å². The molecule has 3 N–H and O–H groups in total. The van der Waals surface area contributed by atoms with Gasteiger partial charge in [-0.15, -0.1) is 0 Å². The Morgan fingerprint density at radius 1 is 1.40 bits per heavy atom. The number of nitrogens with zero attached hydrogens (tertiary/aromatic N) is 2. The molecular weight excluding hydrogens is 192 g/mol. The van der Waals surface area contributed by atoms with Gasteiger partial charge in [0.25, 0.3) is 0 Å². The fourth-order valence-corrected chi connectivity index (χ4v) is 1.19. The summed E-state index contributed by atoms with van der Waals surface area (Å²) in [5.74, 6) is 2.03. The van der Waals surface area contributed by atoms with Crippen molar-refractivity contribution >= 4 is 11.6 Å². The molecule has 5 heteroatoms. The summed E-state index contributed by atoms with van der Waals surface area (Å²) in [5.41, 5.74) is 0. The van der Waals surface area contributed by atoms with Gasteiger partial charge in [0.1, 0.15) is 18.0 Å². The highest BCUT2D eigenvalue weighted by Gasteiger charge is 2.02. The number of hydrogen-bond donors (Lipinski definition) is 3. The summed E-state index contributed by atoms with van der Waals surface area (Å²) in [6.45, 7) is 3.12. The molecule has 1 unspecified atom stereocenters. The molecule has 15 heavy (non-hydrogen) atoms. The highest BCUT2D eigenvalue weighted by atomic mass is 16.3. The summed E-state index contributed by atoms with van der Waals surface area (Å²) in [5, 5.41) is 14.9. The highest BCUT2D eigenvalue weighted by molar-refractivity contribution is 5.45. The molecule has 0 aliphatic heterocycles. The van der Waals surface area contributed by atoms with Crippen LogP contribution in [-0.2, 0) is 0 Å². The van der Waals surface area contributed by atoms with Crippen LogP contribution < -0.4 is 10.6 Å². The van der Waals surface area contributed by atoms with Gasteiger partial charge in [0.05, 0.1) is 0 Å². The van der Waals surface area contributed by atoms with Gasteiger partial charge in [-0.05, 0) is 12.3 Å². The van der Waals surface area contributed by atoms with E-state index in [-0.39, 0.29) is 6.61 Å². The molecule has 0 aliphatic carbocycles. The van der Waals surface area contributed by atoms with Crippen molar-refractivity contribution in [1.82, 2.24) is 9.97 Å². The molecule has 1 aromatic rings. The molecule has 0 aromatic carbocycles. The quantitative estimate of drug-likeness (QED) is 0.652. The summed E-state index contributed by atoms with van der Waals surface area (Å²) in [4.78, 5) is 8.11. The number of aliphatic hydroxyl groups is 1. The summed E-state index contributed by atoms with van der Waals surface area (Å²) in [7, 11) is 1.82. The second-order valence-corrected chi connectivity index (χ2v) is 3.54. The number of rotatable bonds is 6. The Kier molecular flexibility index (Phi) is 4.83. The first-order valence-electron chi connectivity index (χ1n) is 5.10. The number of nitrogens with one attached hydrogen (secondary N) is 2. The second-order valence-electron chi connectivity index (χ2n) is 3.54. The molecule has 0 fully saturated rings. The van der Waals surface area contributed by atoms with Crippen molar-refractivity contribution in [3.05, 3.63) is 12.4 Å². The average molecular weight is 210 g/mol. The third kappa shape index (κ3) is 4.12. The fourth-order valence-electron chi connectivity index (χ4n) is 1.19. The Bertz CT molecular complexity index is 293. The van der Waals surface area contributed by atoms with Gasteiger partial charge in [-0.3, -0.25) is 0 Å². The van der Waals surface area contributed by atoms with E-state index in [9.17, 15) is 0 Å². The molecular formula is C10H18N4O. The van der Waals surface area contributed by atoms with Gasteiger partial charge in [-0.25, -0.2) is 9.97 Å². The fraction of sp³-hybridized carbons (Fsp3) is 0.600. The van der Waals surface area contributed by atoms with E-state index >= 15 is 0 Å². The third-order valence-corrected chi connectivity index (χ3v) is 2.18. The van der Waals surface area contributed by atoms with Crippen molar-refractivity contribution < 1.29 is 5.11 Å². The molecule has 1 heterocycles. The second kappa shape index (κ2) is 6.19. The van der Waals surface area contributed by atoms with Crippen LogP contribution in [-0.4, -0.2) is 35.3 Å². The third-order valence-electron chi connectivity index (χ3n) is 2.18. The lowest BCUT2D eigenvalue weighted by atomic mass is 10.1. The highest BCUT2D eigenvalue weighted by Crippen LogP contribution is 2.09. The molecule has 1 atom stereocenters. The Hall–Kier alpha value is -1.36. The molecule has 1 rings (SSSR count). The summed E-state index contributed by atoms with van der Waals surface area (Å²) >= 11 is 0. The number of aromatic nitrogens is 2. The van der Waals surface area contributed by atoms with Crippen molar-refractivity contribution in [3.63, 3.8) is 0 Å². The van der Waals surface area contributed by atoms with Gasteiger partial charge in [-0.2, -0.15) is 0 Å². The van der Waals surface area contributed by atoms with Crippen LogP contribution in [0, 0.1) is 5.92 Å². The predicted octanol–water partition coefficient (Wildman–Crippen LogP) is 0.949. The zero-order valence-electron chi connectivity index (χ0n) is 9.20. The minimum absolute atomic E-state index is 0.231. The van der Waals surface area contributed by atoms with Crippen molar-refractivity contribution in [2.45, 2.75) is 13.3 Å². The van der Waals surface area contributed by atoms with Gasteiger partial charge < -0.3 is 15.7 Å². The molecule has 0 amide bonds. The average Bonchev–Trinajstić information content (AvgIpc) is 2.27. The predicted molar refractivity (Wildman–Crippen MR) is 60.9 cm³/mol. The van der Waals surface area contributed by atoms with E-state index in [1.54, 1.807) is 0 Å². The van der Waals surface area contributed by atoms with E-state index in [1.165, 1.54) is 6.33 Å². The molecule has 0 saturated carbocycles. The maximum atomic E-state index is 8.75. The Morgan fingerprint density at radius 3 is 2.80 bits per heavy atom. The van der Waals surface area contributed by atoms with Crippen LogP contribution in [0.3, 0.4) is 0 Å². The van der Waals surface area contributed by atoms with Crippen molar-refractivity contribution in [2.75, 3.05) is 30.8 Å². The summed E-state index contributed by atoms with van der Waals surface area (Å²) < 4.78 is 0. The maximum Gasteiger partial charge on any atom is 0.131 e. The van der Waals surface area contributed by atoms with Gasteiger partial charge >= 0.3 is 0 Å². The minimum Gasteiger partial charge on any atom is -0.396 e. The van der Waals surface area contributed by atoms with E-state index in [0.717, 1.165) is 24.6 Å². The number of anilines is 2. The first kappa shape index (κ1) is 11.7. The standard InChI is InChI=1S/C10H18N4O/c1-8(3-4-15)6-12-10-5-9(11-2)13-7-14-10/h5,7-8,15H,3-4,6H2,1-2H3,(H2,11,12,13,14). The van der Waals surface area contributed by atoms with E-state index in [1.807, 2.05) is 13.1 Å². The number of aliphatic hydroxyl groups excluding tert-OH is 1. The van der Waals surface area contributed by atoms with Gasteiger partial charge in [0.15, 0.2) is 0 Å². The lowest BCUT2D eigenvalue weighted by molar-refractivity contribution is 0.266. The normalized spacial score (nSPS) is 12.2. The van der Waals surface area contributed by atoms with Crippen LogP contribution in [0.1, 0.15) is 13.3 Å². The molecule has 1 aromatic heterocycles. The van der Waals surface area contributed by atoms with Crippen LogP contribution >= 0.6 is 0 Å². The molecule has 0 aliphatic rings. The van der Waals surface area contributed by atoms with Gasteiger partial charge in [0, 0.05) is 26.3 Å². The lowest BCUT2D eigenvalue weighted by Gasteiger charge is -2.11. The largest absolute Gasteiger partial charge is 0.396 e. The molecule has 0 spiro atoms. The first-order valence-corrected chi connectivity index (χ1v) is 5.10. The lowest BCUT2D eigenvalue weighted by Crippen LogP contribution is -2.13. The van der Waals surface area contributed by atoms with E-state index in [0.29, 0.717) is 5.92 Å². The molecule has 5 nitrogen and oxygen atoms in total. The monoisotopic (exact) mass is 210 g/mol. The van der Waals surface area contributed by atoms with Crippen LogP contribution in [0.15, 0.2) is 12.4 Å². The van der Waals surface area contributed by atoms with Crippen molar-refractivity contribution in [1.29, 1.82) is 0 Å². The topological polar surface area (TPSA) is 70.1 Å². The Labute approximate surface area is 90.0 Å². The maximum absolute atomic E-state index is 8.75. The first-order chi connectivity index (χ1) is 7.26. The molecule has 84 valence electrons. The smallest absolute Gasteiger partial charge is 0.131 e. The van der Waals surface area contributed by atoms with Crippen LogP contribution in [0.25, 0.3) is 0 Å². The minimum atomic E-state index is 0.231. The van der Waals surface area contributed by atoms with Crippen molar-refractivity contribution in [2.24, 2.45) is 5.92 Å².